The lowest BCUT2D eigenvalue weighted by Crippen LogP contribution is -2.27. The molecule has 0 aliphatic heterocycles. The van der Waals surface area contributed by atoms with Crippen molar-refractivity contribution >= 4 is 5.69 Å². The molecular formula is C18H32N2. The van der Waals surface area contributed by atoms with Gasteiger partial charge in [0.15, 0.2) is 0 Å². The first kappa shape index (κ1) is 17.0. The molecule has 0 saturated heterocycles. The highest BCUT2D eigenvalue weighted by molar-refractivity contribution is 5.47. The zero-order valence-electron chi connectivity index (χ0n) is 13.7. The van der Waals surface area contributed by atoms with Gasteiger partial charge in [-0.1, -0.05) is 39.8 Å². The molecule has 1 rings (SSSR count). The summed E-state index contributed by atoms with van der Waals surface area (Å²) < 4.78 is 0. The molecule has 0 aromatic heterocycles. The predicted molar refractivity (Wildman–Crippen MR) is 90.3 cm³/mol. The summed E-state index contributed by atoms with van der Waals surface area (Å²) in [6.07, 6.45) is 3.48. The second-order valence-electron chi connectivity index (χ2n) is 6.56. The van der Waals surface area contributed by atoms with Gasteiger partial charge < -0.3 is 10.6 Å². The minimum Gasteiger partial charge on any atom is -0.372 e. The van der Waals surface area contributed by atoms with Gasteiger partial charge in [0.25, 0.3) is 0 Å². The van der Waals surface area contributed by atoms with Crippen molar-refractivity contribution in [2.45, 2.75) is 47.0 Å². The highest BCUT2D eigenvalue weighted by Gasteiger charge is 2.08. The molecule has 0 saturated carbocycles. The van der Waals surface area contributed by atoms with Crippen molar-refractivity contribution in [1.29, 1.82) is 0 Å². The van der Waals surface area contributed by atoms with E-state index in [0.717, 1.165) is 37.9 Å². The van der Waals surface area contributed by atoms with Crippen LogP contribution in [0.4, 0.5) is 5.69 Å². The average Bonchev–Trinajstić information content (AvgIpc) is 2.40. The average molecular weight is 276 g/mol. The molecule has 0 amide bonds. The molecule has 0 spiro atoms. The van der Waals surface area contributed by atoms with Crippen molar-refractivity contribution in [1.82, 2.24) is 0 Å². The Morgan fingerprint density at radius 3 is 1.80 bits per heavy atom. The highest BCUT2D eigenvalue weighted by atomic mass is 15.1. The van der Waals surface area contributed by atoms with E-state index in [1.165, 1.54) is 24.1 Å². The lowest BCUT2D eigenvalue weighted by Gasteiger charge is -2.27. The Bertz CT molecular complexity index is 342. The smallest absolute Gasteiger partial charge is 0.0366 e. The van der Waals surface area contributed by atoms with E-state index in [4.69, 9.17) is 5.73 Å². The highest BCUT2D eigenvalue weighted by Crippen LogP contribution is 2.18. The molecule has 1 aromatic rings. The van der Waals surface area contributed by atoms with Crippen LogP contribution < -0.4 is 10.6 Å². The maximum atomic E-state index is 5.61. The molecule has 2 nitrogen and oxygen atoms in total. The van der Waals surface area contributed by atoms with Crippen LogP contribution in [-0.4, -0.2) is 19.6 Å². The Hall–Kier alpha value is -1.02. The predicted octanol–water partition coefficient (Wildman–Crippen LogP) is 4.09. The van der Waals surface area contributed by atoms with Gasteiger partial charge in [0.05, 0.1) is 0 Å². The van der Waals surface area contributed by atoms with Crippen molar-refractivity contribution in [3.05, 3.63) is 29.8 Å². The topological polar surface area (TPSA) is 29.3 Å². The molecule has 20 heavy (non-hydrogen) atoms. The standard InChI is InChI=1S/C18H32N2/c1-15(2)10-13-20(14-11-16(3)4)18-7-5-17(6-8-18)9-12-19/h5-8,15-16H,9-14,19H2,1-4H3. The van der Waals surface area contributed by atoms with Crippen LogP contribution >= 0.6 is 0 Å². The molecule has 0 atom stereocenters. The largest absolute Gasteiger partial charge is 0.372 e. The van der Waals surface area contributed by atoms with Crippen LogP contribution in [0.25, 0.3) is 0 Å². The molecular weight excluding hydrogens is 244 g/mol. The Balaban J connectivity index is 2.69. The Kier molecular flexibility index (Phi) is 7.68. The van der Waals surface area contributed by atoms with Crippen LogP contribution in [0.1, 0.15) is 46.1 Å². The first-order chi connectivity index (χ1) is 9.52. The van der Waals surface area contributed by atoms with Crippen molar-refractivity contribution in [2.75, 3.05) is 24.5 Å². The van der Waals surface area contributed by atoms with Gasteiger partial charge in [-0.3, -0.25) is 0 Å². The normalized spacial score (nSPS) is 11.3. The van der Waals surface area contributed by atoms with E-state index in [0.29, 0.717) is 0 Å². The second-order valence-corrected chi connectivity index (χ2v) is 6.56. The summed E-state index contributed by atoms with van der Waals surface area (Å²) in [4.78, 5) is 2.53. The Morgan fingerprint density at radius 2 is 1.40 bits per heavy atom. The van der Waals surface area contributed by atoms with Gasteiger partial charge in [0, 0.05) is 18.8 Å². The van der Waals surface area contributed by atoms with Gasteiger partial charge in [-0.2, -0.15) is 0 Å². The van der Waals surface area contributed by atoms with Crippen LogP contribution in [0.15, 0.2) is 24.3 Å². The maximum Gasteiger partial charge on any atom is 0.0366 e. The van der Waals surface area contributed by atoms with E-state index in [2.05, 4.69) is 56.9 Å². The maximum absolute atomic E-state index is 5.61. The molecule has 114 valence electrons. The Labute approximate surface area is 125 Å². The number of hydrogen-bond donors (Lipinski definition) is 1. The van der Waals surface area contributed by atoms with Crippen LogP contribution in [0.2, 0.25) is 0 Å². The fraction of sp³-hybridized carbons (Fsp3) is 0.667. The van der Waals surface area contributed by atoms with Crippen LogP contribution in [-0.2, 0) is 6.42 Å². The van der Waals surface area contributed by atoms with Gasteiger partial charge in [0.2, 0.25) is 0 Å². The van der Waals surface area contributed by atoms with Gasteiger partial charge in [-0.25, -0.2) is 0 Å². The zero-order valence-corrected chi connectivity index (χ0v) is 13.7. The monoisotopic (exact) mass is 276 g/mol. The molecule has 0 fully saturated rings. The minimum absolute atomic E-state index is 0.726. The van der Waals surface area contributed by atoms with Crippen LogP contribution in [0, 0.1) is 11.8 Å². The fourth-order valence-electron chi connectivity index (χ4n) is 2.24. The molecule has 0 bridgehead atoms. The molecule has 2 N–H and O–H groups in total. The van der Waals surface area contributed by atoms with Crippen LogP contribution in [0.3, 0.4) is 0 Å². The van der Waals surface area contributed by atoms with E-state index < -0.39 is 0 Å². The molecule has 1 aromatic carbocycles. The van der Waals surface area contributed by atoms with Gasteiger partial charge in [-0.15, -0.1) is 0 Å². The number of rotatable bonds is 9. The third-order valence-corrected chi connectivity index (χ3v) is 3.69. The molecule has 0 heterocycles. The van der Waals surface area contributed by atoms with E-state index in [1.54, 1.807) is 0 Å². The summed E-state index contributed by atoms with van der Waals surface area (Å²) in [6, 6.07) is 8.96. The fourth-order valence-corrected chi connectivity index (χ4v) is 2.24. The lowest BCUT2D eigenvalue weighted by atomic mass is 10.1. The third-order valence-electron chi connectivity index (χ3n) is 3.69. The zero-order chi connectivity index (χ0) is 15.0. The Morgan fingerprint density at radius 1 is 0.900 bits per heavy atom. The number of nitrogens with two attached hydrogens (primary N) is 1. The summed E-state index contributed by atoms with van der Waals surface area (Å²) in [7, 11) is 0. The number of benzene rings is 1. The van der Waals surface area contributed by atoms with Gasteiger partial charge in [0.1, 0.15) is 0 Å². The molecule has 0 aliphatic rings. The first-order valence-corrected chi connectivity index (χ1v) is 8.07. The van der Waals surface area contributed by atoms with Crippen molar-refractivity contribution in [3.8, 4) is 0 Å². The van der Waals surface area contributed by atoms with E-state index in [1.807, 2.05) is 0 Å². The summed E-state index contributed by atoms with van der Waals surface area (Å²) in [5.74, 6) is 1.51. The van der Waals surface area contributed by atoms with E-state index >= 15 is 0 Å². The SMILES string of the molecule is CC(C)CCN(CCC(C)C)c1ccc(CCN)cc1. The summed E-state index contributed by atoms with van der Waals surface area (Å²) in [6.45, 7) is 12.2. The third kappa shape index (κ3) is 6.42. The van der Waals surface area contributed by atoms with E-state index in [9.17, 15) is 0 Å². The molecule has 0 radical (unpaired) electrons. The van der Waals surface area contributed by atoms with Crippen molar-refractivity contribution in [3.63, 3.8) is 0 Å². The van der Waals surface area contributed by atoms with Gasteiger partial charge in [-0.05, 0) is 55.3 Å². The minimum atomic E-state index is 0.726. The van der Waals surface area contributed by atoms with Crippen molar-refractivity contribution in [2.24, 2.45) is 17.6 Å². The quantitative estimate of drug-likeness (QED) is 0.736. The number of anilines is 1. The molecule has 0 aliphatic carbocycles. The summed E-state index contributed by atoms with van der Waals surface area (Å²) in [5, 5.41) is 0. The van der Waals surface area contributed by atoms with E-state index in [-0.39, 0.29) is 0 Å². The van der Waals surface area contributed by atoms with Gasteiger partial charge >= 0.3 is 0 Å². The second kappa shape index (κ2) is 9.02. The van der Waals surface area contributed by atoms with Crippen LogP contribution in [0.5, 0.6) is 0 Å². The lowest BCUT2D eigenvalue weighted by molar-refractivity contribution is 0.535. The molecule has 0 unspecified atom stereocenters. The van der Waals surface area contributed by atoms with Crippen molar-refractivity contribution < 1.29 is 0 Å². The molecule has 2 heteroatoms. The first-order valence-electron chi connectivity index (χ1n) is 8.07. The summed E-state index contributed by atoms with van der Waals surface area (Å²) in [5.41, 5.74) is 8.30. The summed E-state index contributed by atoms with van der Waals surface area (Å²) >= 11 is 0. The number of hydrogen-bond acceptors (Lipinski definition) is 2. The number of nitrogens with zero attached hydrogens (tertiary/aromatic N) is 1.